The molecule has 4 atom stereocenters. The van der Waals surface area contributed by atoms with Crippen molar-refractivity contribution in [2.24, 2.45) is 0 Å². The Morgan fingerprint density at radius 1 is 0.325 bits per heavy atom. The number of benzene rings is 4. The van der Waals surface area contributed by atoms with Gasteiger partial charge in [0.05, 0.1) is 0 Å². The van der Waals surface area contributed by atoms with Gasteiger partial charge < -0.3 is 20.4 Å². The number of hydrogen-bond acceptors (Lipinski definition) is 4. The first-order valence-corrected chi connectivity index (χ1v) is 14.5. The van der Waals surface area contributed by atoms with Crippen LogP contribution in [-0.2, 0) is 0 Å². The molecule has 4 aromatic carbocycles. The van der Waals surface area contributed by atoms with Crippen molar-refractivity contribution in [2.75, 3.05) is 0 Å². The summed E-state index contributed by atoms with van der Waals surface area (Å²) in [4.78, 5) is 0. The van der Waals surface area contributed by atoms with Crippen molar-refractivity contribution in [3.8, 4) is 23.0 Å². The Morgan fingerprint density at radius 2 is 0.475 bits per heavy atom. The van der Waals surface area contributed by atoms with Crippen LogP contribution in [0.5, 0.6) is 23.0 Å². The molecule has 4 aromatic rings. The van der Waals surface area contributed by atoms with E-state index >= 15 is 0 Å². The highest BCUT2D eigenvalue weighted by Gasteiger charge is 2.23. The lowest BCUT2D eigenvalue weighted by molar-refractivity contribution is 0.470. The molecular formula is C36H44O4. The number of hydrogen-bond donors (Lipinski definition) is 4. The Balaban J connectivity index is 0.000000220. The Bertz CT molecular complexity index is 1060. The maximum atomic E-state index is 9.43. The van der Waals surface area contributed by atoms with Crippen molar-refractivity contribution in [3.05, 3.63) is 119 Å². The minimum absolute atomic E-state index is 0.307. The van der Waals surface area contributed by atoms with Gasteiger partial charge in [-0.05, 0) is 120 Å². The highest BCUT2D eigenvalue weighted by atomic mass is 16.3. The lowest BCUT2D eigenvalue weighted by Crippen LogP contribution is -2.10. The fourth-order valence-corrected chi connectivity index (χ4v) is 5.90. The lowest BCUT2D eigenvalue weighted by Gasteiger charge is -2.26. The minimum Gasteiger partial charge on any atom is -0.508 e. The van der Waals surface area contributed by atoms with Crippen LogP contribution in [0.4, 0.5) is 0 Å². The molecule has 0 spiro atoms. The van der Waals surface area contributed by atoms with Gasteiger partial charge in [0.15, 0.2) is 0 Å². The molecule has 0 aliphatic rings. The Morgan fingerprint density at radius 3 is 0.600 bits per heavy atom. The summed E-state index contributed by atoms with van der Waals surface area (Å²) in [5.41, 5.74) is 5.02. The number of aromatic hydroxyl groups is 4. The predicted octanol–water partition coefficient (Wildman–Crippen LogP) is 9.57. The summed E-state index contributed by atoms with van der Waals surface area (Å²) in [6, 6.07) is 30.1. The molecule has 0 aliphatic carbocycles. The monoisotopic (exact) mass is 540 g/mol. The zero-order chi connectivity index (χ0) is 29.1. The molecule has 4 heteroatoms. The zero-order valence-electron chi connectivity index (χ0n) is 24.2. The standard InChI is InChI=1S/2C18H22O2/c2*1-3-17(13-5-9-15(19)10-6-13)18(4-2)14-7-11-16(20)12-8-14/h2*5-12,17-20H,3-4H2,1-2H3. The smallest absolute Gasteiger partial charge is 0.115 e. The second-order valence-electron chi connectivity index (χ2n) is 10.4. The average Bonchev–Trinajstić information content (AvgIpc) is 2.97. The van der Waals surface area contributed by atoms with Crippen LogP contribution in [0.25, 0.3) is 0 Å². The molecule has 4 unspecified atom stereocenters. The Labute approximate surface area is 239 Å². The van der Waals surface area contributed by atoms with Gasteiger partial charge in [-0.3, -0.25) is 0 Å². The Hall–Kier alpha value is -3.92. The van der Waals surface area contributed by atoms with Crippen LogP contribution in [0.2, 0.25) is 0 Å². The van der Waals surface area contributed by atoms with Crippen LogP contribution in [0.1, 0.15) is 99.3 Å². The van der Waals surface area contributed by atoms with Gasteiger partial charge in [-0.15, -0.1) is 0 Å². The van der Waals surface area contributed by atoms with E-state index in [0.29, 0.717) is 46.7 Å². The molecule has 212 valence electrons. The summed E-state index contributed by atoms with van der Waals surface area (Å²) in [6.45, 7) is 8.78. The molecule has 0 aliphatic heterocycles. The predicted molar refractivity (Wildman–Crippen MR) is 165 cm³/mol. The topological polar surface area (TPSA) is 80.9 Å². The summed E-state index contributed by atoms with van der Waals surface area (Å²) < 4.78 is 0. The fraction of sp³-hybridized carbons (Fsp3) is 0.333. The van der Waals surface area contributed by atoms with Gasteiger partial charge in [0.25, 0.3) is 0 Å². The number of rotatable bonds is 10. The van der Waals surface area contributed by atoms with E-state index in [0.717, 1.165) is 25.7 Å². The molecule has 4 nitrogen and oxygen atoms in total. The van der Waals surface area contributed by atoms with E-state index in [4.69, 9.17) is 0 Å². The molecule has 0 bridgehead atoms. The van der Waals surface area contributed by atoms with Gasteiger partial charge in [0, 0.05) is 0 Å². The van der Waals surface area contributed by atoms with Crippen molar-refractivity contribution in [3.63, 3.8) is 0 Å². The maximum Gasteiger partial charge on any atom is 0.115 e. The van der Waals surface area contributed by atoms with Crippen LogP contribution in [-0.4, -0.2) is 20.4 Å². The van der Waals surface area contributed by atoms with E-state index in [9.17, 15) is 20.4 Å². The maximum absolute atomic E-state index is 9.43. The number of phenolic OH excluding ortho intramolecular Hbond substituents is 4. The van der Waals surface area contributed by atoms with E-state index in [1.54, 1.807) is 48.5 Å². The first kappa shape index (κ1) is 30.6. The molecule has 0 fully saturated rings. The SMILES string of the molecule is CCC(c1ccc(O)cc1)C(CC)c1ccc(O)cc1.CCC(c1ccc(O)cc1)C(CC)c1ccc(O)cc1. The molecule has 0 saturated carbocycles. The molecule has 4 rings (SSSR count). The second-order valence-corrected chi connectivity index (χ2v) is 10.4. The largest absolute Gasteiger partial charge is 0.508 e. The first-order chi connectivity index (χ1) is 19.3. The van der Waals surface area contributed by atoms with E-state index in [2.05, 4.69) is 27.7 Å². The third-order valence-corrected chi connectivity index (χ3v) is 8.02. The van der Waals surface area contributed by atoms with E-state index in [-0.39, 0.29) is 0 Å². The molecule has 0 heterocycles. The molecule has 0 radical (unpaired) electrons. The van der Waals surface area contributed by atoms with Gasteiger partial charge in [0.2, 0.25) is 0 Å². The first-order valence-electron chi connectivity index (χ1n) is 14.5. The van der Waals surface area contributed by atoms with Crippen molar-refractivity contribution < 1.29 is 20.4 Å². The Kier molecular flexibility index (Phi) is 11.5. The second kappa shape index (κ2) is 15.0. The summed E-state index contributed by atoms with van der Waals surface area (Å²) in [5, 5.41) is 37.7. The zero-order valence-corrected chi connectivity index (χ0v) is 24.2. The van der Waals surface area contributed by atoms with Gasteiger partial charge in [-0.2, -0.15) is 0 Å². The van der Waals surface area contributed by atoms with Crippen molar-refractivity contribution in [1.82, 2.24) is 0 Å². The van der Waals surface area contributed by atoms with Gasteiger partial charge in [-0.1, -0.05) is 76.2 Å². The van der Waals surface area contributed by atoms with Gasteiger partial charge in [0.1, 0.15) is 23.0 Å². The van der Waals surface area contributed by atoms with Crippen molar-refractivity contribution in [2.45, 2.75) is 77.0 Å². The minimum atomic E-state index is 0.307. The molecule has 4 N–H and O–H groups in total. The number of phenols is 4. The summed E-state index contributed by atoms with van der Waals surface area (Å²) in [6.07, 6.45) is 4.18. The van der Waals surface area contributed by atoms with Gasteiger partial charge >= 0.3 is 0 Å². The summed E-state index contributed by atoms with van der Waals surface area (Å²) >= 11 is 0. The van der Waals surface area contributed by atoms with Crippen LogP contribution >= 0.6 is 0 Å². The van der Waals surface area contributed by atoms with Crippen molar-refractivity contribution in [1.29, 1.82) is 0 Å². The summed E-state index contributed by atoms with van der Waals surface area (Å²) in [5.74, 6) is 2.91. The van der Waals surface area contributed by atoms with Crippen LogP contribution in [0.3, 0.4) is 0 Å². The van der Waals surface area contributed by atoms with E-state index < -0.39 is 0 Å². The highest BCUT2D eigenvalue weighted by molar-refractivity contribution is 5.36. The molecular weight excluding hydrogens is 496 g/mol. The third-order valence-electron chi connectivity index (χ3n) is 8.02. The van der Waals surface area contributed by atoms with Crippen LogP contribution in [0, 0.1) is 0 Å². The third kappa shape index (κ3) is 8.05. The molecule has 40 heavy (non-hydrogen) atoms. The van der Waals surface area contributed by atoms with Crippen LogP contribution < -0.4 is 0 Å². The molecule has 0 amide bonds. The molecule has 0 saturated heterocycles. The molecule has 0 aromatic heterocycles. The summed E-state index contributed by atoms with van der Waals surface area (Å²) in [7, 11) is 0. The fourth-order valence-electron chi connectivity index (χ4n) is 5.90. The van der Waals surface area contributed by atoms with Crippen LogP contribution in [0.15, 0.2) is 97.1 Å². The lowest BCUT2D eigenvalue weighted by atomic mass is 9.78. The quantitative estimate of drug-likeness (QED) is 0.161. The van der Waals surface area contributed by atoms with E-state index in [1.807, 2.05) is 48.5 Å². The normalized spacial score (nSPS) is 13.9. The average molecular weight is 541 g/mol. The van der Waals surface area contributed by atoms with E-state index in [1.165, 1.54) is 22.3 Å². The van der Waals surface area contributed by atoms with Gasteiger partial charge in [-0.25, -0.2) is 0 Å². The van der Waals surface area contributed by atoms with Crippen molar-refractivity contribution >= 4 is 0 Å². The highest BCUT2D eigenvalue weighted by Crippen LogP contribution is 2.40.